The van der Waals surface area contributed by atoms with Crippen LogP contribution in [0.2, 0.25) is 10.0 Å². The van der Waals surface area contributed by atoms with Gasteiger partial charge in [-0.15, -0.1) is 0 Å². The molecule has 8 heteroatoms. The van der Waals surface area contributed by atoms with Crippen LogP contribution in [0.3, 0.4) is 0 Å². The van der Waals surface area contributed by atoms with E-state index in [0.717, 1.165) is 0 Å². The lowest BCUT2D eigenvalue weighted by Gasteiger charge is -2.09. The summed E-state index contributed by atoms with van der Waals surface area (Å²) in [5.74, 6) is -1.19. The van der Waals surface area contributed by atoms with Crippen LogP contribution in [-0.2, 0) is 14.4 Å². The van der Waals surface area contributed by atoms with E-state index in [1.807, 2.05) is 0 Å². The summed E-state index contributed by atoms with van der Waals surface area (Å²) in [6, 6.07) is 11.2. The smallest absolute Gasteiger partial charge is 0.233 e. The SMILES string of the molecule is CC(=O)Nc1ccc(NC(=O)CC(=O)Nc2cc(Cl)ccc2Cl)cc1. The fourth-order valence-corrected chi connectivity index (χ4v) is 2.32. The first-order chi connectivity index (χ1) is 11.8. The second kappa shape index (κ2) is 8.50. The molecule has 0 aliphatic rings. The molecule has 6 nitrogen and oxygen atoms in total. The van der Waals surface area contributed by atoms with Gasteiger partial charge in [-0.05, 0) is 42.5 Å². The Bertz CT molecular complexity index is 807. The minimum atomic E-state index is -0.517. The van der Waals surface area contributed by atoms with Gasteiger partial charge in [-0.2, -0.15) is 0 Å². The number of carbonyl (C=O) groups is 3. The number of amides is 3. The fourth-order valence-electron chi connectivity index (χ4n) is 1.98. The Labute approximate surface area is 154 Å². The summed E-state index contributed by atoms with van der Waals surface area (Å²) in [6.07, 6.45) is -0.379. The quantitative estimate of drug-likeness (QED) is 0.687. The van der Waals surface area contributed by atoms with Gasteiger partial charge in [0.15, 0.2) is 0 Å². The zero-order valence-corrected chi connectivity index (χ0v) is 14.7. The molecule has 0 fully saturated rings. The molecule has 0 aliphatic heterocycles. The van der Waals surface area contributed by atoms with Crippen molar-refractivity contribution in [3.63, 3.8) is 0 Å². The van der Waals surface area contributed by atoms with E-state index >= 15 is 0 Å². The maximum absolute atomic E-state index is 11.9. The van der Waals surface area contributed by atoms with Crippen LogP contribution in [0.5, 0.6) is 0 Å². The van der Waals surface area contributed by atoms with Gasteiger partial charge >= 0.3 is 0 Å². The van der Waals surface area contributed by atoms with E-state index < -0.39 is 11.8 Å². The summed E-state index contributed by atoms with van der Waals surface area (Å²) in [5, 5.41) is 8.49. The van der Waals surface area contributed by atoms with Gasteiger partial charge in [-0.1, -0.05) is 23.2 Å². The van der Waals surface area contributed by atoms with Crippen LogP contribution in [0.1, 0.15) is 13.3 Å². The Hall–Kier alpha value is -2.57. The standard InChI is InChI=1S/C17H15Cl2N3O3/c1-10(23)20-12-3-5-13(6-4-12)21-16(24)9-17(25)22-15-8-11(18)2-7-14(15)19/h2-8H,9H2,1H3,(H,20,23)(H,21,24)(H,22,25). The summed E-state index contributed by atoms with van der Waals surface area (Å²) >= 11 is 11.8. The molecule has 0 atom stereocenters. The summed E-state index contributed by atoms with van der Waals surface area (Å²) in [7, 11) is 0. The van der Waals surface area contributed by atoms with E-state index in [-0.39, 0.29) is 12.3 Å². The van der Waals surface area contributed by atoms with Gasteiger partial charge in [0.2, 0.25) is 17.7 Å². The molecule has 2 rings (SSSR count). The van der Waals surface area contributed by atoms with Crippen molar-refractivity contribution in [2.75, 3.05) is 16.0 Å². The number of hydrogen-bond acceptors (Lipinski definition) is 3. The molecule has 0 saturated heterocycles. The molecule has 2 aromatic carbocycles. The van der Waals surface area contributed by atoms with Crippen LogP contribution in [-0.4, -0.2) is 17.7 Å². The molecule has 0 spiro atoms. The predicted molar refractivity (Wildman–Crippen MR) is 99.1 cm³/mol. The first kappa shape index (κ1) is 18.8. The second-order valence-corrected chi connectivity index (χ2v) is 6.00. The molecule has 0 unspecified atom stereocenters. The maximum Gasteiger partial charge on any atom is 0.233 e. The monoisotopic (exact) mass is 379 g/mol. The molecule has 0 bridgehead atoms. The summed E-state index contributed by atoms with van der Waals surface area (Å²) in [6.45, 7) is 1.40. The number of benzene rings is 2. The lowest BCUT2D eigenvalue weighted by atomic mass is 10.2. The fraction of sp³-hybridized carbons (Fsp3) is 0.118. The highest BCUT2D eigenvalue weighted by Gasteiger charge is 2.12. The molecule has 0 radical (unpaired) electrons. The van der Waals surface area contributed by atoms with Crippen molar-refractivity contribution in [3.05, 3.63) is 52.5 Å². The first-order valence-corrected chi connectivity index (χ1v) is 8.01. The Kier molecular flexibility index (Phi) is 6.38. The van der Waals surface area contributed by atoms with Crippen molar-refractivity contribution >= 4 is 58.0 Å². The van der Waals surface area contributed by atoms with Gasteiger partial charge in [0.1, 0.15) is 6.42 Å². The molecular weight excluding hydrogens is 365 g/mol. The Morgan fingerprint density at radius 2 is 1.40 bits per heavy atom. The first-order valence-electron chi connectivity index (χ1n) is 7.26. The third-order valence-electron chi connectivity index (χ3n) is 3.01. The van der Waals surface area contributed by atoms with E-state index in [1.165, 1.54) is 13.0 Å². The number of nitrogens with one attached hydrogen (secondary N) is 3. The molecular formula is C17H15Cl2N3O3. The van der Waals surface area contributed by atoms with E-state index in [9.17, 15) is 14.4 Å². The zero-order chi connectivity index (χ0) is 18.4. The molecule has 0 aliphatic carbocycles. The number of carbonyl (C=O) groups excluding carboxylic acids is 3. The van der Waals surface area contributed by atoms with Crippen molar-refractivity contribution in [2.45, 2.75) is 13.3 Å². The number of halogens is 2. The molecule has 130 valence electrons. The van der Waals surface area contributed by atoms with Crippen LogP contribution >= 0.6 is 23.2 Å². The van der Waals surface area contributed by atoms with Crippen LogP contribution in [0.15, 0.2) is 42.5 Å². The van der Waals surface area contributed by atoms with Crippen LogP contribution < -0.4 is 16.0 Å². The largest absolute Gasteiger partial charge is 0.326 e. The number of hydrogen-bond donors (Lipinski definition) is 3. The molecule has 0 saturated carbocycles. The van der Waals surface area contributed by atoms with Gasteiger partial charge in [0.05, 0.1) is 10.7 Å². The molecule has 25 heavy (non-hydrogen) atoms. The van der Waals surface area contributed by atoms with Crippen molar-refractivity contribution in [3.8, 4) is 0 Å². The highest BCUT2D eigenvalue weighted by atomic mass is 35.5. The van der Waals surface area contributed by atoms with Gasteiger partial charge in [-0.25, -0.2) is 0 Å². The van der Waals surface area contributed by atoms with Crippen LogP contribution in [0.25, 0.3) is 0 Å². The Morgan fingerprint density at radius 3 is 2.00 bits per heavy atom. The molecule has 3 amide bonds. The normalized spacial score (nSPS) is 10.0. The molecule has 0 heterocycles. The highest BCUT2D eigenvalue weighted by molar-refractivity contribution is 6.35. The van der Waals surface area contributed by atoms with Gasteiger partial charge in [-0.3, -0.25) is 14.4 Å². The highest BCUT2D eigenvalue weighted by Crippen LogP contribution is 2.25. The number of rotatable bonds is 5. The van der Waals surface area contributed by atoms with Crippen molar-refractivity contribution in [1.82, 2.24) is 0 Å². The van der Waals surface area contributed by atoms with Gasteiger partial charge in [0, 0.05) is 23.3 Å². The summed E-state index contributed by atoms with van der Waals surface area (Å²) < 4.78 is 0. The van der Waals surface area contributed by atoms with E-state index in [0.29, 0.717) is 27.1 Å². The van der Waals surface area contributed by atoms with Crippen LogP contribution in [0, 0.1) is 0 Å². The average molecular weight is 380 g/mol. The molecule has 0 aromatic heterocycles. The molecule has 2 aromatic rings. The van der Waals surface area contributed by atoms with Crippen LogP contribution in [0.4, 0.5) is 17.1 Å². The maximum atomic E-state index is 11.9. The predicted octanol–water partition coefficient (Wildman–Crippen LogP) is 3.92. The third-order valence-corrected chi connectivity index (χ3v) is 3.58. The third kappa shape index (κ3) is 6.10. The lowest BCUT2D eigenvalue weighted by molar-refractivity contribution is -0.123. The van der Waals surface area contributed by atoms with Crippen molar-refractivity contribution < 1.29 is 14.4 Å². The Morgan fingerprint density at radius 1 is 0.840 bits per heavy atom. The summed E-state index contributed by atoms with van der Waals surface area (Å²) in [5.41, 5.74) is 1.46. The van der Waals surface area contributed by atoms with Gasteiger partial charge < -0.3 is 16.0 Å². The average Bonchev–Trinajstić information content (AvgIpc) is 2.52. The minimum Gasteiger partial charge on any atom is -0.326 e. The second-order valence-electron chi connectivity index (χ2n) is 5.16. The summed E-state index contributed by atoms with van der Waals surface area (Å²) in [4.78, 5) is 34.8. The Balaban J connectivity index is 1.90. The van der Waals surface area contributed by atoms with Crippen molar-refractivity contribution in [2.24, 2.45) is 0 Å². The minimum absolute atomic E-state index is 0.187. The lowest BCUT2D eigenvalue weighted by Crippen LogP contribution is -2.21. The number of anilines is 3. The van der Waals surface area contributed by atoms with E-state index in [4.69, 9.17) is 23.2 Å². The topological polar surface area (TPSA) is 87.3 Å². The zero-order valence-electron chi connectivity index (χ0n) is 13.2. The van der Waals surface area contributed by atoms with E-state index in [1.54, 1.807) is 36.4 Å². The van der Waals surface area contributed by atoms with E-state index in [2.05, 4.69) is 16.0 Å². The van der Waals surface area contributed by atoms with Crippen molar-refractivity contribution in [1.29, 1.82) is 0 Å². The molecule has 3 N–H and O–H groups in total. The van der Waals surface area contributed by atoms with Gasteiger partial charge in [0.25, 0.3) is 0 Å².